The quantitative estimate of drug-likeness (QED) is 0.817. The maximum Gasteiger partial charge on any atom is 0.00483 e. The zero-order valence-electron chi connectivity index (χ0n) is 12.3. The molecule has 0 bridgehead atoms. The van der Waals surface area contributed by atoms with Crippen molar-refractivity contribution in [1.29, 1.82) is 0 Å². The number of hydrogen-bond donors (Lipinski definition) is 1. The SMILES string of the molecule is CCC(N)CCN1CCCC(C(C)(C)C)CC1. The lowest BCUT2D eigenvalue weighted by molar-refractivity contribution is 0.206. The van der Waals surface area contributed by atoms with Crippen LogP contribution in [-0.2, 0) is 0 Å². The molecule has 0 aromatic heterocycles. The summed E-state index contributed by atoms with van der Waals surface area (Å²) < 4.78 is 0. The van der Waals surface area contributed by atoms with Crippen LogP contribution in [0.1, 0.15) is 59.8 Å². The van der Waals surface area contributed by atoms with E-state index < -0.39 is 0 Å². The molecule has 1 fully saturated rings. The highest BCUT2D eigenvalue weighted by Gasteiger charge is 2.26. The maximum absolute atomic E-state index is 6.00. The van der Waals surface area contributed by atoms with E-state index in [9.17, 15) is 0 Å². The van der Waals surface area contributed by atoms with Gasteiger partial charge in [0.2, 0.25) is 0 Å². The maximum atomic E-state index is 6.00. The summed E-state index contributed by atoms with van der Waals surface area (Å²) in [6.07, 6.45) is 6.41. The van der Waals surface area contributed by atoms with E-state index in [2.05, 4.69) is 32.6 Å². The zero-order chi connectivity index (χ0) is 12.9. The van der Waals surface area contributed by atoms with Crippen LogP contribution in [0, 0.1) is 11.3 Å². The molecule has 0 spiro atoms. The average molecular weight is 240 g/mol. The van der Waals surface area contributed by atoms with Gasteiger partial charge in [-0.3, -0.25) is 0 Å². The minimum atomic E-state index is 0.400. The molecule has 0 aromatic rings. The van der Waals surface area contributed by atoms with Gasteiger partial charge in [-0.15, -0.1) is 0 Å². The van der Waals surface area contributed by atoms with Crippen LogP contribution in [0.5, 0.6) is 0 Å². The van der Waals surface area contributed by atoms with E-state index in [4.69, 9.17) is 5.73 Å². The molecule has 0 aromatic carbocycles. The van der Waals surface area contributed by atoms with Gasteiger partial charge in [0.15, 0.2) is 0 Å². The molecule has 2 heteroatoms. The molecule has 2 nitrogen and oxygen atoms in total. The number of nitrogens with zero attached hydrogens (tertiary/aromatic N) is 1. The van der Waals surface area contributed by atoms with Crippen LogP contribution in [0.25, 0.3) is 0 Å². The lowest BCUT2D eigenvalue weighted by atomic mass is 9.77. The summed E-state index contributed by atoms with van der Waals surface area (Å²) in [4.78, 5) is 2.63. The van der Waals surface area contributed by atoms with Crippen molar-refractivity contribution in [2.24, 2.45) is 17.1 Å². The highest BCUT2D eigenvalue weighted by atomic mass is 15.1. The van der Waals surface area contributed by atoms with E-state index in [1.807, 2.05) is 0 Å². The first-order chi connectivity index (χ1) is 7.93. The number of hydrogen-bond acceptors (Lipinski definition) is 2. The minimum absolute atomic E-state index is 0.400. The third-order valence-corrected chi connectivity index (χ3v) is 4.39. The van der Waals surface area contributed by atoms with Crippen molar-refractivity contribution in [1.82, 2.24) is 4.90 Å². The van der Waals surface area contributed by atoms with Gasteiger partial charge in [-0.25, -0.2) is 0 Å². The Morgan fingerprint density at radius 3 is 2.53 bits per heavy atom. The Balaban J connectivity index is 2.32. The molecule has 2 unspecified atom stereocenters. The first kappa shape index (κ1) is 15.0. The third-order valence-electron chi connectivity index (χ3n) is 4.39. The molecule has 2 atom stereocenters. The molecule has 0 aliphatic carbocycles. The van der Waals surface area contributed by atoms with Crippen LogP contribution in [0.4, 0.5) is 0 Å². The Labute approximate surface area is 108 Å². The van der Waals surface area contributed by atoms with Gasteiger partial charge in [0.1, 0.15) is 0 Å². The highest BCUT2D eigenvalue weighted by Crippen LogP contribution is 2.34. The molecular formula is C15H32N2. The van der Waals surface area contributed by atoms with E-state index >= 15 is 0 Å². The van der Waals surface area contributed by atoms with Gasteiger partial charge in [-0.05, 0) is 63.1 Å². The van der Waals surface area contributed by atoms with Crippen molar-refractivity contribution in [2.45, 2.75) is 65.8 Å². The summed E-state index contributed by atoms with van der Waals surface area (Å²) in [7, 11) is 0. The van der Waals surface area contributed by atoms with Crippen molar-refractivity contribution in [3.63, 3.8) is 0 Å². The van der Waals surface area contributed by atoms with Crippen LogP contribution in [-0.4, -0.2) is 30.6 Å². The Morgan fingerprint density at radius 2 is 1.94 bits per heavy atom. The van der Waals surface area contributed by atoms with E-state index in [1.54, 1.807) is 0 Å². The average Bonchev–Trinajstić information content (AvgIpc) is 2.50. The molecular weight excluding hydrogens is 208 g/mol. The Hall–Kier alpha value is -0.0800. The minimum Gasteiger partial charge on any atom is -0.328 e. The second-order valence-electron chi connectivity index (χ2n) is 6.79. The largest absolute Gasteiger partial charge is 0.328 e. The zero-order valence-corrected chi connectivity index (χ0v) is 12.3. The Kier molecular flexibility index (Phi) is 5.94. The van der Waals surface area contributed by atoms with Crippen LogP contribution < -0.4 is 5.73 Å². The normalized spacial score (nSPS) is 25.6. The Bertz CT molecular complexity index is 207. The summed E-state index contributed by atoms with van der Waals surface area (Å²) in [5.74, 6) is 0.896. The van der Waals surface area contributed by atoms with Gasteiger partial charge >= 0.3 is 0 Å². The van der Waals surface area contributed by atoms with Gasteiger partial charge in [-0.1, -0.05) is 27.7 Å². The van der Waals surface area contributed by atoms with Gasteiger partial charge < -0.3 is 10.6 Å². The van der Waals surface area contributed by atoms with Crippen LogP contribution in [0.2, 0.25) is 0 Å². The summed E-state index contributed by atoms with van der Waals surface area (Å²) in [6, 6.07) is 0.400. The van der Waals surface area contributed by atoms with E-state index in [1.165, 1.54) is 38.9 Å². The molecule has 1 heterocycles. The standard InChI is InChI=1S/C15H32N2/c1-5-14(16)9-12-17-10-6-7-13(8-11-17)15(2,3)4/h13-14H,5-12,16H2,1-4H3. The molecule has 1 aliphatic rings. The van der Waals surface area contributed by atoms with Crippen LogP contribution >= 0.6 is 0 Å². The van der Waals surface area contributed by atoms with E-state index in [0.29, 0.717) is 11.5 Å². The molecule has 1 aliphatic heterocycles. The summed E-state index contributed by atoms with van der Waals surface area (Å²) >= 11 is 0. The van der Waals surface area contributed by atoms with Crippen molar-refractivity contribution < 1.29 is 0 Å². The van der Waals surface area contributed by atoms with Gasteiger partial charge in [0, 0.05) is 6.04 Å². The topological polar surface area (TPSA) is 29.3 Å². The van der Waals surface area contributed by atoms with E-state index in [0.717, 1.165) is 18.8 Å². The summed E-state index contributed by atoms with van der Waals surface area (Å²) in [6.45, 7) is 13.1. The molecule has 1 saturated heterocycles. The predicted octanol–water partition coefficient (Wildman–Crippen LogP) is 3.26. The monoisotopic (exact) mass is 240 g/mol. The smallest absolute Gasteiger partial charge is 0.00483 e. The van der Waals surface area contributed by atoms with E-state index in [-0.39, 0.29) is 0 Å². The van der Waals surface area contributed by atoms with Crippen LogP contribution in [0.15, 0.2) is 0 Å². The molecule has 102 valence electrons. The Morgan fingerprint density at radius 1 is 1.24 bits per heavy atom. The lowest BCUT2D eigenvalue weighted by Crippen LogP contribution is -2.31. The lowest BCUT2D eigenvalue weighted by Gasteiger charge is -2.30. The first-order valence-electron chi connectivity index (χ1n) is 7.41. The summed E-state index contributed by atoms with van der Waals surface area (Å²) in [5.41, 5.74) is 6.48. The molecule has 2 N–H and O–H groups in total. The highest BCUT2D eigenvalue weighted by molar-refractivity contribution is 4.79. The summed E-state index contributed by atoms with van der Waals surface area (Å²) in [5, 5.41) is 0. The molecule has 0 radical (unpaired) electrons. The second-order valence-corrected chi connectivity index (χ2v) is 6.79. The number of rotatable bonds is 4. The van der Waals surface area contributed by atoms with Crippen molar-refractivity contribution in [3.05, 3.63) is 0 Å². The fraction of sp³-hybridized carbons (Fsp3) is 1.00. The molecule has 17 heavy (non-hydrogen) atoms. The first-order valence-corrected chi connectivity index (χ1v) is 7.41. The van der Waals surface area contributed by atoms with Gasteiger partial charge in [0.25, 0.3) is 0 Å². The molecule has 0 amide bonds. The van der Waals surface area contributed by atoms with Crippen LogP contribution in [0.3, 0.4) is 0 Å². The second kappa shape index (κ2) is 6.75. The fourth-order valence-electron chi connectivity index (χ4n) is 2.80. The number of nitrogens with two attached hydrogens (primary N) is 1. The third kappa shape index (κ3) is 5.39. The van der Waals surface area contributed by atoms with Crippen molar-refractivity contribution >= 4 is 0 Å². The molecule has 1 rings (SSSR count). The van der Waals surface area contributed by atoms with Crippen molar-refractivity contribution in [2.75, 3.05) is 19.6 Å². The van der Waals surface area contributed by atoms with Gasteiger partial charge in [-0.2, -0.15) is 0 Å². The van der Waals surface area contributed by atoms with Crippen molar-refractivity contribution in [3.8, 4) is 0 Å². The van der Waals surface area contributed by atoms with Gasteiger partial charge in [0.05, 0.1) is 0 Å². The predicted molar refractivity (Wildman–Crippen MR) is 76.1 cm³/mol. The molecule has 0 saturated carbocycles. The fourth-order valence-corrected chi connectivity index (χ4v) is 2.80. The number of likely N-dealkylation sites (tertiary alicyclic amines) is 1.